The Hall–Kier alpha value is -0.570. The Bertz CT molecular complexity index is 228. The predicted octanol–water partition coefficient (Wildman–Crippen LogP) is 1.76. The van der Waals surface area contributed by atoms with Crippen LogP contribution < -0.4 is 5.73 Å². The molecule has 1 unspecified atom stereocenters. The molecule has 3 heteroatoms. The van der Waals surface area contributed by atoms with Gasteiger partial charge < -0.3 is 10.6 Å². The van der Waals surface area contributed by atoms with Gasteiger partial charge in [-0.05, 0) is 25.2 Å². The standard InChI is InChI=1S/C12H24N2O/c1-5-14(9-6-7-9)11(15)8-10(13)12(2,3)4/h9-10H,5-8,13H2,1-4H3. The average molecular weight is 212 g/mol. The lowest BCUT2D eigenvalue weighted by molar-refractivity contribution is -0.132. The van der Waals surface area contributed by atoms with Gasteiger partial charge in [0.15, 0.2) is 0 Å². The molecular weight excluding hydrogens is 188 g/mol. The SMILES string of the molecule is CCN(C(=O)CC(N)C(C)(C)C)C1CC1. The van der Waals surface area contributed by atoms with Crippen LogP contribution in [0.1, 0.15) is 47.0 Å². The first-order valence-corrected chi connectivity index (χ1v) is 5.91. The van der Waals surface area contributed by atoms with Crippen molar-refractivity contribution >= 4 is 5.91 Å². The van der Waals surface area contributed by atoms with E-state index in [0.717, 1.165) is 6.54 Å². The molecule has 0 bridgehead atoms. The van der Waals surface area contributed by atoms with Crippen molar-refractivity contribution in [1.29, 1.82) is 0 Å². The van der Waals surface area contributed by atoms with Crippen LogP contribution in [-0.2, 0) is 4.79 Å². The molecule has 0 aromatic carbocycles. The Morgan fingerprint density at radius 3 is 2.33 bits per heavy atom. The van der Waals surface area contributed by atoms with Crippen molar-refractivity contribution in [2.75, 3.05) is 6.54 Å². The highest BCUT2D eigenvalue weighted by Crippen LogP contribution is 2.28. The first kappa shape index (κ1) is 12.5. The lowest BCUT2D eigenvalue weighted by atomic mass is 9.85. The molecule has 0 aromatic heterocycles. The van der Waals surface area contributed by atoms with E-state index < -0.39 is 0 Å². The van der Waals surface area contributed by atoms with E-state index in [1.165, 1.54) is 12.8 Å². The van der Waals surface area contributed by atoms with Crippen LogP contribution in [0.2, 0.25) is 0 Å². The molecule has 0 saturated heterocycles. The number of nitrogens with zero attached hydrogens (tertiary/aromatic N) is 1. The third kappa shape index (κ3) is 3.49. The fraction of sp³-hybridized carbons (Fsp3) is 0.917. The Kier molecular flexibility index (Phi) is 3.77. The molecule has 2 N–H and O–H groups in total. The number of hydrogen-bond donors (Lipinski definition) is 1. The number of hydrogen-bond acceptors (Lipinski definition) is 2. The highest BCUT2D eigenvalue weighted by molar-refractivity contribution is 5.77. The summed E-state index contributed by atoms with van der Waals surface area (Å²) < 4.78 is 0. The van der Waals surface area contributed by atoms with E-state index in [1.54, 1.807) is 0 Å². The number of rotatable bonds is 4. The van der Waals surface area contributed by atoms with Crippen molar-refractivity contribution in [2.45, 2.75) is 59.0 Å². The van der Waals surface area contributed by atoms with Crippen LogP contribution in [0.3, 0.4) is 0 Å². The maximum atomic E-state index is 12.0. The molecular formula is C12H24N2O. The molecule has 1 rings (SSSR count). The lowest BCUT2D eigenvalue weighted by Gasteiger charge is -2.29. The van der Waals surface area contributed by atoms with E-state index >= 15 is 0 Å². The molecule has 3 nitrogen and oxygen atoms in total. The van der Waals surface area contributed by atoms with Crippen molar-refractivity contribution in [3.63, 3.8) is 0 Å². The van der Waals surface area contributed by atoms with Gasteiger partial charge in [-0.15, -0.1) is 0 Å². The number of carbonyl (C=O) groups is 1. The maximum absolute atomic E-state index is 12.0. The quantitative estimate of drug-likeness (QED) is 0.772. The average Bonchev–Trinajstić information content (AvgIpc) is 2.87. The van der Waals surface area contributed by atoms with E-state index in [-0.39, 0.29) is 17.4 Å². The van der Waals surface area contributed by atoms with Crippen LogP contribution in [0.25, 0.3) is 0 Å². The Morgan fingerprint density at radius 2 is 2.00 bits per heavy atom. The minimum absolute atomic E-state index is 0.0125. The van der Waals surface area contributed by atoms with Crippen molar-refractivity contribution in [1.82, 2.24) is 4.90 Å². The molecule has 0 aliphatic heterocycles. The second kappa shape index (κ2) is 4.52. The maximum Gasteiger partial charge on any atom is 0.224 e. The summed E-state index contributed by atoms with van der Waals surface area (Å²) in [4.78, 5) is 13.9. The summed E-state index contributed by atoms with van der Waals surface area (Å²) in [5.74, 6) is 0.224. The monoisotopic (exact) mass is 212 g/mol. The Morgan fingerprint density at radius 1 is 1.47 bits per heavy atom. The summed E-state index contributed by atoms with van der Waals surface area (Å²) >= 11 is 0. The molecule has 0 heterocycles. The summed E-state index contributed by atoms with van der Waals surface area (Å²) in [5.41, 5.74) is 6.03. The first-order chi connectivity index (χ1) is 6.86. The molecule has 1 fully saturated rings. The van der Waals surface area contributed by atoms with Crippen LogP contribution in [0.4, 0.5) is 0 Å². The largest absolute Gasteiger partial charge is 0.340 e. The van der Waals surface area contributed by atoms with Gasteiger partial charge in [-0.3, -0.25) is 4.79 Å². The molecule has 1 amide bonds. The molecule has 88 valence electrons. The number of carbonyl (C=O) groups excluding carboxylic acids is 1. The van der Waals surface area contributed by atoms with E-state index in [2.05, 4.69) is 20.8 Å². The van der Waals surface area contributed by atoms with E-state index in [9.17, 15) is 4.79 Å². The van der Waals surface area contributed by atoms with Gasteiger partial charge in [0.05, 0.1) is 0 Å². The Labute approximate surface area is 93.0 Å². The smallest absolute Gasteiger partial charge is 0.224 e. The molecule has 1 saturated carbocycles. The minimum atomic E-state index is -0.0437. The summed E-state index contributed by atoms with van der Waals surface area (Å²) in [7, 11) is 0. The van der Waals surface area contributed by atoms with Crippen molar-refractivity contribution in [3.8, 4) is 0 Å². The molecule has 1 aliphatic carbocycles. The van der Waals surface area contributed by atoms with Crippen molar-refractivity contribution < 1.29 is 4.79 Å². The summed E-state index contributed by atoms with van der Waals surface area (Å²) in [5, 5.41) is 0. The van der Waals surface area contributed by atoms with Gasteiger partial charge in [0.1, 0.15) is 0 Å². The van der Waals surface area contributed by atoms with Crippen LogP contribution in [0.15, 0.2) is 0 Å². The van der Waals surface area contributed by atoms with E-state index in [4.69, 9.17) is 5.73 Å². The zero-order valence-electron chi connectivity index (χ0n) is 10.4. The van der Waals surface area contributed by atoms with Gasteiger partial charge in [0.25, 0.3) is 0 Å². The third-order valence-corrected chi connectivity index (χ3v) is 3.16. The summed E-state index contributed by atoms with van der Waals surface area (Å²) in [6.45, 7) is 9.11. The van der Waals surface area contributed by atoms with Crippen LogP contribution >= 0.6 is 0 Å². The molecule has 0 spiro atoms. The second-order valence-electron chi connectivity index (χ2n) is 5.59. The van der Waals surface area contributed by atoms with Crippen molar-refractivity contribution in [3.05, 3.63) is 0 Å². The molecule has 1 atom stereocenters. The first-order valence-electron chi connectivity index (χ1n) is 5.91. The van der Waals surface area contributed by atoms with Crippen LogP contribution in [-0.4, -0.2) is 29.4 Å². The van der Waals surface area contributed by atoms with E-state index in [0.29, 0.717) is 12.5 Å². The molecule has 15 heavy (non-hydrogen) atoms. The number of nitrogens with two attached hydrogens (primary N) is 1. The van der Waals surface area contributed by atoms with Gasteiger partial charge in [-0.1, -0.05) is 20.8 Å². The Balaban J connectivity index is 2.46. The zero-order valence-corrected chi connectivity index (χ0v) is 10.4. The summed E-state index contributed by atoms with van der Waals surface area (Å²) in [6, 6.07) is 0.465. The summed E-state index contributed by atoms with van der Waals surface area (Å²) in [6.07, 6.45) is 2.82. The fourth-order valence-corrected chi connectivity index (χ4v) is 1.64. The zero-order chi connectivity index (χ0) is 11.6. The van der Waals surface area contributed by atoms with Gasteiger partial charge in [0.2, 0.25) is 5.91 Å². The minimum Gasteiger partial charge on any atom is -0.340 e. The van der Waals surface area contributed by atoms with Crippen molar-refractivity contribution in [2.24, 2.45) is 11.1 Å². The topological polar surface area (TPSA) is 46.3 Å². The highest BCUT2D eigenvalue weighted by Gasteiger charge is 2.33. The third-order valence-electron chi connectivity index (χ3n) is 3.16. The van der Waals surface area contributed by atoms with E-state index in [1.807, 2.05) is 11.8 Å². The lowest BCUT2D eigenvalue weighted by Crippen LogP contribution is -2.42. The normalized spacial score (nSPS) is 18.7. The predicted molar refractivity (Wildman–Crippen MR) is 62.5 cm³/mol. The fourth-order valence-electron chi connectivity index (χ4n) is 1.64. The van der Waals surface area contributed by atoms with Gasteiger partial charge >= 0.3 is 0 Å². The molecule has 0 aromatic rings. The number of amides is 1. The second-order valence-corrected chi connectivity index (χ2v) is 5.59. The molecule has 0 radical (unpaired) electrons. The molecule has 1 aliphatic rings. The highest BCUT2D eigenvalue weighted by atomic mass is 16.2. The van der Waals surface area contributed by atoms with Gasteiger partial charge in [-0.25, -0.2) is 0 Å². The van der Waals surface area contributed by atoms with Gasteiger partial charge in [-0.2, -0.15) is 0 Å². The van der Waals surface area contributed by atoms with Crippen LogP contribution in [0, 0.1) is 5.41 Å². The van der Waals surface area contributed by atoms with Crippen LogP contribution in [0.5, 0.6) is 0 Å². The van der Waals surface area contributed by atoms with Gasteiger partial charge in [0, 0.05) is 25.0 Å².